The lowest BCUT2D eigenvalue weighted by atomic mass is 10.1. The van der Waals surface area contributed by atoms with Gasteiger partial charge < -0.3 is 10.6 Å². The van der Waals surface area contributed by atoms with E-state index in [4.69, 9.17) is 0 Å². The van der Waals surface area contributed by atoms with Crippen molar-refractivity contribution >= 4 is 5.69 Å². The Morgan fingerprint density at radius 2 is 2.29 bits per heavy atom. The second-order valence-corrected chi connectivity index (χ2v) is 4.12. The molecule has 0 aromatic carbocycles. The van der Waals surface area contributed by atoms with E-state index in [0.717, 1.165) is 18.8 Å². The fourth-order valence-corrected chi connectivity index (χ4v) is 1.48. The van der Waals surface area contributed by atoms with Gasteiger partial charge in [-0.3, -0.25) is 4.98 Å². The van der Waals surface area contributed by atoms with Crippen molar-refractivity contribution in [2.75, 3.05) is 18.4 Å². The van der Waals surface area contributed by atoms with Gasteiger partial charge in [0.15, 0.2) is 0 Å². The Morgan fingerprint density at radius 1 is 1.50 bits per heavy atom. The number of nitrogens with zero attached hydrogens (tertiary/aromatic N) is 1. The van der Waals surface area contributed by atoms with Gasteiger partial charge in [-0.05, 0) is 18.1 Å². The summed E-state index contributed by atoms with van der Waals surface area (Å²) in [6.07, 6.45) is 1.88. The van der Waals surface area contributed by atoms with Crippen LogP contribution in [0.5, 0.6) is 0 Å². The molecule has 1 fully saturated rings. The quantitative estimate of drug-likeness (QED) is 0.761. The standard InChI is InChI=1S/C11H17N3/c1-8(2)11-5-9(3-4-13-11)14-10-6-12-7-10/h3-5,8,10,12H,6-7H2,1-2H3,(H,13,14). The van der Waals surface area contributed by atoms with Gasteiger partial charge in [-0.2, -0.15) is 0 Å². The zero-order chi connectivity index (χ0) is 9.97. The zero-order valence-electron chi connectivity index (χ0n) is 8.75. The number of hydrogen-bond acceptors (Lipinski definition) is 3. The molecule has 0 radical (unpaired) electrons. The van der Waals surface area contributed by atoms with Gasteiger partial charge in [0.2, 0.25) is 0 Å². The summed E-state index contributed by atoms with van der Waals surface area (Å²) in [5.74, 6) is 0.497. The Kier molecular flexibility index (Phi) is 2.68. The van der Waals surface area contributed by atoms with Crippen LogP contribution >= 0.6 is 0 Å². The number of aromatic nitrogens is 1. The van der Waals surface area contributed by atoms with Gasteiger partial charge in [-0.15, -0.1) is 0 Å². The summed E-state index contributed by atoms with van der Waals surface area (Å²) in [6, 6.07) is 4.77. The molecule has 2 heterocycles. The summed E-state index contributed by atoms with van der Waals surface area (Å²) in [7, 11) is 0. The number of rotatable bonds is 3. The first-order valence-electron chi connectivity index (χ1n) is 5.19. The molecule has 2 N–H and O–H groups in total. The summed E-state index contributed by atoms with van der Waals surface area (Å²) >= 11 is 0. The van der Waals surface area contributed by atoms with E-state index in [-0.39, 0.29) is 0 Å². The van der Waals surface area contributed by atoms with E-state index in [2.05, 4.69) is 35.5 Å². The lowest BCUT2D eigenvalue weighted by molar-refractivity contribution is 0.472. The van der Waals surface area contributed by atoms with Crippen molar-refractivity contribution in [2.45, 2.75) is 25.8 Å². The lowest BCUT2D eigenvalue weighted by Gasteiger charge is -2.29. The van der Waals surface area contributed by atoms with Crippen molar-refractivity contribution in [3.63, 3.8) is 0 Å². The second kappa shape index (κ2) is 3.96. The maximum absolute atomic E-state index is 4.33. The average Bonchev–Trinajstić information content (AvgIpc) is 2.12. The fraction of sp³-hybridized carbons (Fsp3) is 0.545. The minimum absolute atomic E-state index is 0.497. The summed E-state index contributed by atoms with van der Waals surface area (Å²) in [4.78, 5) is 4.33. The normalized spacial score (nSPS) is 16.8. The number of nitrogens with one attached hydrogen (secondary N) is 2. The Labute approximate surface area is 84.9 Å². The molecule has 76 valence electrons. The van der Waals surface area contributed by atoms with E-state index in [1.54, 1.807) is 0 Å². The highest BCUT2D eigenvalue weighted by Crippen LogP contribution is 2.16. The van der Waals surface area contributed by atoms with Crippen LogP contribution in [0.1, 0.15) is 25.5 Å². The monoisotopic (exact) mass is 191 g/mol. The molecule has 1 aliphatic heterocycles. The van der Waals surface area contributed by atoms with E-state index in [9.17, 15) is 0 Å². The lowest BCUT2D eigenvalue weighted by Crippen LogP contribution is -2.51. The molecule has 0 amide bonds. The van der Waals surface area contributed by atoms with Gasteiger partial charge in [0.05, 0.1) is 6.04 Å². The van der Waals surface area contributed by atoms with E-state index >= 15 is 0 Å². The van der Waals surface area contributed by atoms with Crippen molar-refractivity contribution in [3.8, 4) is 0 Å². The Morgan fingerprint density at radius 3 is 2.86 bits per heavy atom. The molecule has 1 saturated heterocycles. The molecule has 0 saturated carbocycles. The van der Waals surface area contributed by atoms with Crippen molar-refractivity contribution in [1.82, 2.24) is 10.3 Å². The maximum Gasteiger partial charge on any atom is 0.0510 e. The van der Waals surface area contributed by atoms with Crippen LogP contribution in [0.15, 0.2) is 18.3 Å². The summed E-state index contributed by atoms with van der Waals surface area (Å²) in [5.41, 5.74) is 2.34. The van der Waals surface area contributed by atoms with Crippen LogP contribution < -0.4 is 10.6 Å². The van der Waals surface area contributed by atoms with Gasteiger partial charge in [-0.1, -0.05) is 13.8 Å². The Balaban J connectivity index is 2.05. The van der Waals surface area contributed by atoms with Crippen LogP contribution in [0.2, 0.25) is 0 Å². The average molecular weight is 191 g/mol. The van der Waals surface area contributed by atoms with Gasteiger partial charge in [0.1, 0.15) is 0 Å². The molecular formula is C11H17N3. The fourth-order valence-electron chi connectivity index (χ4n) is 1.48. The van der Waals surface area contributed by atoms with Crippen LogP contribution in [-0.2, 0) is 0 Å². The third kappa shape index (κ3) is 2.04. The molecule has 14 heavy (non-hydrogen) atoms. The SMILES string of the molecule is CC(C)c1cc(NC2CNC2)ccn1. The maximum atomic E-state index is 4.33. The van der Waals surface area contributed by atoms with Gasteiger partial charge in [-0.25, -0.2) is 0 Å². The molecule has 0 unspecified atom stereocenters. The van der Waals surface area contributed by atoms with Crippen molar-refractivity contribution in [2.24, 2.45) is 0 Å². The molecule has 0 spiro atoms. The molecular weight excluding hydrogens is 174 g/mol. The van der Waals surface area contributed by atoms with Crippen LogP contribution in [0.3, 0.4) is 0 Å². The van der Waals surface area contributed by atoms with Crippen molar-refractivity contribution < 1.29 is 0 Å². The molecule has 1 aromatic heterocycles. The topological polar surface area (TPSA) is 37.0 Å². The minimum Gasteiger partial charge on any atom is -0.380 e. The summed E-state index contributed by atoms with van der Waals surface area (Å²) in [6.45, 7) is 6.46. The van der Waals surface area contributed by atoms with Gasteiger partial charge in [0, 0.05) is 30.7 Å². The molecule has 0 aliphatic carbocycles. The molecule has 3 heteroatoms. The van der Waals surface area contributed by atoms with Gasteiger partial charge in [0.25, 0.3) is 0 Å². The van der Waals surface area contributed by atoms with Crippen LogP contribution in [0.25, 0.3) is 0 Å². The highest BCUT2D eigenvalue weighted by Gasteiger charge is 2.15. The summed E-state index contributed by atoms with van der Waals surface area (Å²) in [5, 5.41) is 6.71. The first-order chi connectivity index (χ1) is 6.75. The highest BCUT2D eigenvalue weighted by atomic mass is 15.1. The van der Waals surface area contributed by atoms with Crippen LogP contribution in [0.4, 0.5) is 5.69 Å². The van der Waals surface area contributed by atoms with Crippen molar-refractivity contribution in [3.05, 3.63) is 24.0 Å². The van der Waals surface area contributed by atoms with Crippen LogP contribution in [-0.4, -0.2) is 24.1 Å². The van der Waals surface area contributed by atoms with E-state index in [1.165, 1.54) is 5.69 Å². The molecule has 3 nitrogen and oxygen atoms in total. The van der Waals surface area contributed by atoms with Crippen LogP contribution in [0, 0.1) is 0 Å². The van der Waals surface area contributed by atoms with E-state index in [1.807, 2.05) is 12.3 Å². The Hall–Kier alpha value is -1.09. The number of anilines is 1. The number of hydrogen-bond donors (Lipinski definition) is 2. The summed E-state index contributed by atoms with van der Waals surface area (Å²) < 4.78 is 0. The van der Waals surface area contributed by atoms with Crippen molar-refractivity contribution in [1.29, 1.82) is 0 Å². The number of pyridine rings is 1. The predicted octanol–water partition coefficient (Wildman–Crippen LogP) is 1.59. The smallest absolute Gasteiger partial charge is 0.0510 e. The molecule has 0 bridgehead atoms. The first-order valence-corrected chi connectivity index (χ1v) is 5.19. The predicted molar refractivity (Wildman–Crippen MR) is 58.6 cm³/mol. The third-order valence-corrected chi connectivity index (χ3v) is 2.52. The zero-order valence-corrected chi connectivity index (χ0v) is 8.75. The first kappa shape index (κ1) is 9.46. The van der Waals surface area contributed by atoms with E-state index < -0.39 is 0 Å². The van der Waals surface area contributed by atoms with E-state index in [0.29, 0.717) is 12.0 Å². The Bertz CT molecular complexity index is 305. The minimum atomic E-state index is 0.497. The molecule has 1 aliphatic rings. The molecule has 1 aromatic rings. The highest BCUT2D eigenvalue weighted by molar-refractivity contribution is 5.45. The molecule has 0 atom stereocenters. The van der Waals surface area contributed by atoms with Gasteiger partial charge >= 0.3 is 0 Å². The largest absolute Gasteiger partial charge is 0.380 e. The second-order valence-electron chi connectivity index (χ2n) is 4.12. The molecule has 2 rings (SSSR count). The third-order valence-electron chi connectivity index (χ3n) is 2.52.